The molecule has 0 atom stereocenters. The molecule has 2 aromatic rings. The van der Waals surface area contributed by atoms with Gasteiger partial charge in [-0.15, -0.1) is 0 Å². The van der Waals surface area contributed by atoms with Gasteiger partial charge < -0.3 is 15.4 Å². The first-order valence-corrected chi connectivity index (χ1v) is 7.46. The molecule has 2 aromatic carbocycles. The molecule has 0 heterocycles. The lowest BCUT2D eigenvalue weighted by Crippen LogP contribution is -2.21. The lowest BCUT2D eigenvalue weighted by molar-refractivity contribution is -0.119. The molecule has 0 saturated carbocycles. The van der Waals surface area contributed by atoms with Crippen molar-refractivity contribution in [1.29, 1.82) is 0 Å². The van der Waals surface area contributed by atoms with E-state index in [1.165, 1.54) is 0 Å². The average Bonchev–Trinajstić information content (AvgIpc) is 2.56. The summed E-state index contributed by atoms with van der Waals surface area (Å²) in [5.74, 6) is -1.10. The van der Waals surface area contributed by atoms with E-state index in [1.807, 2.05) is 0 Å². The maximum Gasteiger partial charge on any atom is 0.340 e. The highest BCUT2D eigenvalue weighted by molar-refractivity contribution is 6.44. The number of rotatable bonds is 5. The summed E-state index contributed by atoms with van der Waals surface area (Å²) in [5, 5.41) is 5.98. The van der Waals surface area contributed by atoms with Crippen LogP contribution in [0.2, 0.25) is 10.0 Å². The van der Waals surface area contributed by atoms with Crippen LogP contribution in [0.5, 0.6) is 0 Å². The Bertz CT molecular complexity index is 735. The number of ether oxygens (including phenoxy) is 1. The van der Waals surface area contributed by atoms with Crippen LogP contribution < -0.4 is 10.6 Å². The van der Waals surface area contributed by atoms with E-state index in [4.69, 9.17) is 27.9 Å². The van der Waals surface area contributed by atoms with E-state index in [9.17, 15) is 9.59 Å². The van der Waals surface area contributed by atoms with Crippen molar-refractivity contribution in [3.8, 4) is 0 Å². The molecule has 0 aliphatic rings. The van der Waals surface area contributed by atoms with Gasteiger partial charge in [-0.1, -0.05) is 41.4 Å². The summed E-state index contributed by atoms with van der Waals surface area (Å²) in [6.45, 7) is -0.431. The van der Waals surface area contributed by atoms with Gasteiger partial charge in [-0.05, 0) is 24.3 Å². The zero-order chi connectivity index (χ0) is 16.8. The molecule has 7 heteroatoms. The number of hydrogen-bond acceptors (Lipinski definition) is 4. The molecule has 5 nitrogen and oxygen atoms in total. The van der Waals surface area contributed by atoms with Crippen LogP contribution in [0.25, 0.3) is 0 Å². The van der Waals surface area contributed by atoms with Crippen molar-refractivity contribution in [1.82, 2.24) is 0 Å². The number of carbonyl (C=O) groups is 2. The Morgan fingerprint density at radius 1 is 1.04 bits per heavy atom. The molecule has 0 radical (unpaired) electrons. The minimum Gasteiger partial charge on any atom is -0.452 e. The fourth-order valence-corrected chi connectivity index (χ4v) is 2.22. The normalized spacial score (nSPS) is 10.0. The average molecular weight is 353 g/mol. The van der Waals surface area contributed by atoms with Crippen molar-refractivity contribution in [3.63, 3.8) is 0 Å². The highest BCUT2D eigenvalue weighted by atomic mass is 35.5. The van der Waals surface area contributed by atoms with Gasteiger partial charge in [0.1, 0.15) is 0 Å². The van der Waals surface area contributed by atoms with Gasteiger partial charge in [0.15, 0.2) is 6.61 Å². The fourth-order valence-electron chi connectivity index (χ4n) is 1.87. The monoisotopic (exact) mass is 352 g/mol. The lowest BCUT2D eigenvalue weighted by Gasteiger charge is -2.10. The number of amides is 1. The third kappa shape index (κ3) is 4.37. The Morgan fingerprint density at radius 3 is 2.48 bits per heavy atom. The molecule has 0 saturated heterocycles. The minimum absolute atomic E-state index is 0.231. The van der Waals surface area contributed by atoms with Gasteiger partial charge in [-0.25, -0.2) is 4.79 Å². The first kappa shape index (κ1) is 17.1. The molecule has 0 unspecified atom stereocenters. The van der Waals surface area contributed by atoms with Crippen LogP contribution >= 0.6 is 23.2 Å². The van der Waals surface area contributed by atoms with Crippen molar-refractivity contribution in [2.24, 2.45) is 0 Å². The zero-order valence-corrected chi connectivity index (χ0v) is 13.7. The second-order valence-corrected chi connectivity index (χ2v) is 5.31. The summed E-state index contributed by atoms with van der Waals surface area (Å²) < 4.78 is 5.01. The van der Waals surface area contributed by atoms with Crippen LogP contribution in [0.3, 0.4) is 0 Å². The number of esters is 1. The molecule has 23 heavy (non-hydrogen) atoms. The predicted octanol–water partition coefficient (Wildman–Crippen LogP) is 3.83. The number of hydrogen-bond donors (Lipinski definition) is 2. The molecule has 0 fully saturated rings. The van der Waals surface area contributed by atoms with Gasteiger partial charge >= 0.3 is 5.97 Å². The predicted molar refractivity (Wildman–Crippen MR) is 91.4 cm³/mol. The van der Waals surface area contributed by atoms with E-state index in [1.54, 1.807) is 49.5 Å². The molecule has 0 aliphatic carbocycles. The molecule has 1 amide bonds. The number of nitrogens with one attached hydrogen (secondary N) is 2. The molecular formula is C16H14Cl2N2O3. The van der Waals surface area contributed by atoms with Crippen LogP contribution in [0.1, 0.15) is 10.4 Å². The van der Waals surface area contributed by atoms with Crippen molar-refractivity contribution >= 4 is 46.5 Å². The Labute approximate surface area is 143 Å². The van der Waals surface area contributed by atoms with Gasteiger partial charge in [0.05, 0.1) is 21.3 Å². The Morgan fingerprint density at radius 2 is 1.74 bits per heavy atom. The standard InChI is InChI=1S/C16H14Cl2N2O3/c1-19-12-7-3-2-5-10(12)16(22)23-9-14(21)20-13-8-4-6-11(17)15(13)18/h2-8,19H,9H2,1H3,(H,20,21). The summed E-state index contributed by atoms with van der Waals surface area (Å²) in [7, 11) is 1.69. The molecule has 120 valence electrons. The largest absolute Gasteiger partial charge is 0.452 e. The third-order valence-corrected chi connectivity index (χ3v) is 3.80. The smallest absolute Gasteiger partial charge is 0.340 e. The SMILES string of the molecule is CNc1ccccc1C(=O)OCC(=O)Nc1cccc(Cl)c1Cl. The van der Waals surface area contributed by atoms with Crippen LogP contribution in [0, 0.1) is 0 Å². The fraction of sp³-hybridized carbons (Fsp3) is 0.125. The van der Waals surface area contributed by atoms with E-state index in [0.29, 0.717) is 22.0 Å². The van der Waals surface area contributed by atoms with E-state index in [0.717, 1.165) is 0 Å². The summed E-state index contributed by atoms with van der Waals surface area (Å²) in [4.78, 5) is 23.9. The summed E-state index contributed by atoms with van der Waals surface area (Å²) >= 11 is 11.8. The number of benzene rings is 2. The van der Waals surface area contributed by atoms with Crippen molar-refractivity contribution in [2.75, 3.05) is 24.3 Å². The summed E-state index contributed by atoms with van der Waals surface area (Å²) in [6, 6.07) is 11.7. The second kappa shape index (κ2) is 7.85. The number of anilines is 2. The van der Waals surface area contributed by atoms with Gasteiger partial charge in [0.25, 0.3) is 5.91 Å². The quantitative estimate of drug-likeness (QED) is 0.802. The minimum atomic E-state index is -0.595. The third-order valence-electron chi connectivity index (χ3n) is 2.98. The first-order chi connectivity index (χ1) is 11.0. The molecule has 0 aliphatic heterocycles. The van der Waals surface area contributed by atoms with Crippen molar-refractivity contribution in [3.05, 3.63) is 58.1 Å². The van der Waals surface area contributed by atoms with Gasteiger partial charge in [0.2, 0.25) is 0 Å². The highest BCUT2D eigenvalue weighted by Crippen LogP contribution is 2.29. The molecule has 0 aromatic heterocycles. The number of para-hydroxylation sites is 1. The topological polar surface area (TPSA) is 67.4 Å². The van der Waals surface area contributed by atoms with E-state index < -0.39 is 18.5 Å². The first-order valence-electron chi connectivity index (χ1n) is 6.70. The van der Waals surface area contributed by atoms with Crippen LogP contribution in [-0.4, -0.2) is 25.5 Å². The van der Waals surface area contributed by atoms with Gasteiger partial charge in [-0.3, -0.25) is 4.79 Å². The lowest BCUT2D eigenvalue weighted by atomic mass is 10.2. The van der Waals surface area contributed by atoms with E-state index in [-0.39, 0.29) is 5.02 Å². The maximum absolute atomic E-state index is 12.0. The molecule has 0 spiro atoms. The molecular weight excluding hydrogens is 339 g/mol. The Hall–Kier alpha value is -2.24. The van der Waals surface area contributed by atoms with Crippen molar-refractivity contribution < 1.29 is 14.3 Å². The Kier molecular flexibility index (Phi) is 5.84. The van der Waals surface area contributed by atoms with Crippen LogP contribution in [0.15, 0.2) is 42.5 Å². The highest BCUT2D eigenvalue weighted by Gasteiger charge is 2.14. The molecule has 0 bridgehead atoms. The Balaban J connectivity index is 1.96. The van der Waals surface area contributed by atoms with Crippen LogP contribution in [-0.2, 0) is 9.53 Å². The summed E-state index contributed by atoms with van der Waals surface area (Å²) in [6.07, 6.45) is 0. The van der Waals surface area contributed by atoms with Gasteiger partial charge in [0, 0.05) is 12.7 Å². The van der Waals surface area contributed by atoms with Crippen molar-refractivity contribution in [2.45, 2.75) is 0 Å². The van der Waals surface area contributed by atoms with Gasteiger partial charge in [-0.2, -0.15) is 0 Å². The van der Waals surface area contributed by atoms with Crippen LogP contribution in [0.4, 0.5) is 11.4 Å². The molecule has 2 rings (SSSR count). The van der Waals surface area contributed by atoms with E-state index >= 15 is 0 Å². The maximum atomic E-state index is 12.0. The summed E-state index contributed by atoms with van der Waals surface area (Å²) in [5.41, 5.74) is 1.33. The second-order valence-electron chi connectivity index (χ2n) is 4.52. The zero-order valence-electron chi connectivity index (χ0n) is 12.2. The number of carbonyl (C=O) groups excluding carboxylic acids is 2. The van der Waals surface area contributed by atoms with E-state index in [2.05, 4.69) is 10.6 Å². The molecule has 2 N–H and O–H groups in total. The number of halogens is 2.